The molecule has 5 heteroatoms. The van der Waals surface area contributed by atoms with Gasteiger partial charge in [-0.1, -0.05) is 24.3 Å². The van der Waals surface area contributed by atoms with Crippen LogP contribution in [0.15, 0.2) is 24.3 Å². The van der Waals surface area contributed by atoms with E-state index in [1.54, 1.807) is 0 Å². The molecule has 1 aromatic rings. The maximum absolute atomic E-state index is 12.0. The van der Waals surface area contributed by atoms with Crippen molar-refractivity contribution in [3.8, 4) is 0 Å². The van der Waals surface area contributed by atoms with E-state index in [0.717, 1.165) is 25.7 Å². The first-order valence-electron chi connectivity index (χ1n) is 7.89. The molecule has 2 atom stereocenters. The fourth-order valence-electron chi connectivity index (χ4n) is 3.13. The Kier molecular flexibility index (Phi) is 4.73. The number of hydrogen-bond acceptors (Lipinski definition) is 4. The maximum Gasteiger partial charge on any atom is 0.335 e. The second kappa shape index (κ2) is 6.92. The van der Waals surface area contributed by atoms with Crippen molar-refractivity contribution in [1.82, 2.24) is 5.32 Å². The summed E-state index contributed by atoms with van der Waals surface area (Å²) in [6.45, 7) is 0.349. The third kappa shape index (κ3) is 3.47. The highest BCUT2D eigenvalue weighted by atomic mass is 16.6. The minimum absolute atomic E-state index is 0.0129. The molecule has 0 saturated carbocycles. The van der Waals surface area contributed by atoms with Gasteiger partial charge in [0.25, 0.3) is 5.91 Å². The number of hydrogen-bond donors (Lipinski definition) is 1. The molecule has 118 valence electrons. The van der Waals surface area contributed by atoms with Crippen LogP contribution in [0.5, 0.6) is 0 Å². The number of carbonyl (C=O) groups excluding carboxylic acids is 2. The molecule has 1 heterocycles. The summed E-state index contributed by atoms with van der Waals surface area (Å²) in [6, 6.07) is 8.18. The molecule has 0 unspecified atom stereocenters. The van der Waals surface area contributed by atoms with Gasteiger partial charge < -0.3 is 14.8 Å². The van der Waals surface area contributed by atoms with Crippen LogP contribution < -0.4 is 5.32 Å². The highest BCUT2D eigenvalue weighted by molar-refractivity contribution is 5.82. The molecular weight excluding hydrogens is 282 g/mol. The van der Waals surface area contributed by atoms with Gasteiger partial charge in [-0.15, -0.1) is 0 Å². The second-order valence-electron chi connectivity index (χ2n) is 5.82. The van der Waals surface area contributed by atoms with Crippen LogP contribution in [-0.2, 0) is 25.5 Å². The van der Waals surface area contributed by atoms with E-state index in [9.17, 15) is 9.59 Å². The average molecular weight is 303 g/mol. The van der Waals surface area contributed by atoms with E-state index < -0.39 is 12.1 Å². The number of benzene rings is 1. The van der Waals surface area contributed by atoms with E-state index in [-0.39, 0.29) is 18.6 Å². The highest BCUT2D eigenvalue weighted by Gasteiger charge is 2.26. The zero-order chi connectivity index (χ0) is 15.4. The van der Waals surface area contributed by atoms with Gasteiger partial charge in [-0.25, -0.2) is 4.79 Å². The first-order valence-corrected chi connectivity index (χ1v) is 7.89. The summed E-state index contributed by atoms with van der Waals surface area (Å²) in [5.41, 5.74) is 2.46. The molecule has 5 nitrogen and oxygen atoms in total. The van der Waals surface area contributed by atoms with Gasteiger partial charge in [-0.3, -0.25) is 4.79 Å². The Morgan fingerprint density at radius 3 is 2.91 bits per heavy atom. The van der Waals surface area contributed by atoms with Crippen molar-refractivity contribution in [3.63, 3.8) is 0 Å². The number of ether oxygens (including phenoxy) is 2. The van der Waals surface area contributed by atoms with E-state index in [1.165, 1.54) is 11.1 Å². The van der Waals surface area contributed by atoms with Gasteiger partial charge in [0.1, 0.15) is 0 Å². The normalized spacial score (nSPS) is 23.6. The van der Waals surface area contributed by atoms with Crippen LogP contribution in [0.1, 0.15) is 42.9 Å². The third-order valence-electron chi connectivity index (χ3n) is 4.24. The maximum atomic E-state index is 12.0. The summed E-state index contributed by atoms with van der Waals surface area (Å²) in [5, 5.41) is 2.96. The van der Waals surface area contributed by atoms with Crippen LogP contribution in [-0.4, -0.2) is 31.2 Å². The molecule has 1 aliphatic carbocycles. The Labute approximate surface area is 130 Å². The lowest BCUT2D eigenvalue weighted by molar-refractivity contribution is -0.157. The van der Waals surface area contributed by atoms with Gasteiger partial charge >= 0.3 is 5.97 Å². The van der Waals surface area contributed by atoms with Crippen LogP contribution >= 0.6 is 0 Å². The standard InChI is InChI=1S/C17H21NO4/c19-16(11-22-17(20)15-9-4-10-21-15)18-14-8-3-6-12-5-1-2-7-13(12)14/h1-2,5,7,14-15H,3-4,6,8-11H2,(H,18,19)/t14-,15-/m1/s1. The number of esters is 1. The fourth-order valence-corrected chi connectivity index (χ4v) is 3.13. The van der Waals surface area contributed by atoms with Crippen LogP contribution in [0, 0.1) is 0 Å². The molecule has 1 saturated heterocycles. The van der Waals surface area contributed by atoms with Crippen LogP contribution in [0.4, 0.5) is 0 Å². The van der Waals surface area contributed by atoms with Gasteiger partial charge in [-0.05, 0) is 43.2 Å². The Bertz CT molecular complexity index is 551. The number of carbonyl (C=O) groups is 2. The molecule has 1 fully saturated rings. The topological polar surface area (TPSA) is 64.6 Å². The summed E-state index contributed by atoms with van der Waals surface area (Å²) in [7, 11) is 0. The van der Waals surface area contributed by atoms with E-state index in [1.807, 2.05) is 12.1 Å². The number of amides is 1. The van der Waals surface area contributed by atoms with Crippen molar-refractivity contribution in [1.29, 1.82) is 0 Å². The molecule has 1 aliphatic heterocycles. The lowest BCUT2D eigenvalue weighted by atomic mass is 9.88. The van der Waals surface area contributed by atoms with Crippen LogP contribution in [0.25, 0.3) is 0 Å². The van der Waals surface area contributed by atoms with Crippen molar-refractivity contribution >= 4 is 11.9 Å². The first kappa shape index (κ1) is 15.0. The fraction of sp³-hybridized carbons (Fsp3) is 0.529. The quantitative estimate of drug-likeness (QED) is 0.863. The molecule has 22 heavy (non-hydrogen) atoms. The first-order chi connectivity index (χ1) is 10.7. The minimum atomic E-state index is -0.497. The number of fused-ring (bicyclic) bond motifs is 1. The van der Waals surface area contributed by atoms with Gasteiger partial charge in [0.05, 0.1) is 6.04 Å². The van der Waals surface area contributed by atoms with Crippen molar-refractivity contribution < 1.29 is 19.1 Å². The summed E-state index contributed by atoms with van der Waals surface area (Å²) in [4.78, 5) is 23.7. The van der Waals surface area contributed by atoms with E-state index in [2.05, 4.69) is 17.4 Å². The largest absolute Gasteiger partial charge is 0.454 e. The third-order valence-corrected chi connectivity index (χ3v) is 4.24. The molecule has 0 spiro atoms. The van der Waals surface area contributed by atoms with Crippen molar-refractivity contribution in [2.45, 2.75) is 44.2 Å². The van der Waals surface area contributed by atoms with Gasteiger partial charge in [0.15, 0.2) is 12.7 Å². The Morgan fingerprint density at radius 2 is 2.09 bits per heavy atom. The summed E-state index contributed by atoms with van der Waals surface area (Å²) in [5.74, 6) is -0.690. The van der Waals surface area contributed by atoms with Crippen LogP contribution in [0.2, 0.25) is 0 Å². The predicted octanol–water partition coefficient (Wildman–Crippen LogP) is 1.90. The monoisotopic (exact) mass is 303 g/mol. The van der Waals surface area contributed by atoms with E-state index in [0.29, 0.717) is 13.0 Å². The molecule has 0 bridgehead atoms. The highest BCUT2D eigenvalue weighted by Crippen LogP contribution is 2.29. The van der Waals surface area contributed by atoms with E-state index >= 15 is 0 Å². The lowest BCUT2D eigenvalue weighted by Gasteiger charge is -2.26. The second-order valence-corrected chi connectivity index (χ2v) is 5.82. The van der Waals surface area contributed by atoms with Gasteiger partial charge in [0, 0.05) is 6.61 Å². The zero-order valence-corrected chi connectivity index (χ0v) is 12.5. The smallest absolute Gasteiger partial charge is 0.335 e. The molecule has 0 aromatic heterocycles. The number of rotatable bonds is 4. The number of aryl methyl sites for hydroxylation is 1. The van der Waals surface area contributed by atoms with Gasteiger partial charge in [-0.2, -0.15) is 0 Å². The molecular formula is C17H21NO4. The van der Waals surface area contributed by atoms with Crippen molar-refractivity contribution in [2.75, 3.05) is 13.2 Å². The predicted molar refractivity (Wildman–Crippen MR) is 80.2 cm³/mol. The minimum Gasteiger partial charge on any atom is -0.454 e. The SMILES string of the molecule is O=C(COC(=O)[C@H]1CCCO1)N[C@@H]1CCCc2ccccc21. The average Bonchev–Trinajstić information content (AvgIpc) is 3.07. The molecule has 0 radical (unpaired) electrons. The Morgan fingerprint density at radius 1 is 1.23 bits per heavy atom. The molecule has 3 rings (SSSR count). The Hall–Kier alpha value is -1.88. The van der Waals surface area contributed by atoms with Crippen LogP contribution in [0.3, 0.4) is 0 Å². The zero-order valence-electron chi connectivity index (χ0n) is 12.5. The molecule has 2 aliphatic rings. The van der Waals surface area contributed by atoms with E-state index in [4.69, 9.17) is 9.47 Å². The Balaban J connectivity index is 1.51. The summed E-state index contributed by atoms with van der Waals surface area (Å²) < 4.78 is 10.3. The molecule has 1 aromatic carbocycles. The molecule has 1 N–H and O–H groups in total. The lowest BCUT2D eigenvalue weighted by Crippen LogP contribution is -2.35. The van der Waals surface area contributed by atoms with Gasteiger partial charge in [0.2, 0.25) is 0 Å². The van der Waals surface area contributed by atoms with Crippen molar-refractivity contribution in [3.05, 3.63) is 35.4 Å². The summed E-state index contributed by atoms with van der Waals surface area (Å²) >= 11 is 0. The summed E-state index contributed by atoms with van der Waals surface area (Å²) in [6.07, 6.45) is 4.07. The van der Waals surface area contributed by atoms with Crippen molar-refractivity contribution in [2.24, 2.45) is 0 Å². The molecule has 1 amide bonds. The number of nitrogens with one attached hydrogen (secondary N) is 1.